The lowest BCUT2D eigenvalue weighted by atomic mass is 10.0. The van der Waals surface area contributed by atoms with Gasteiger partial charge in [-0.25, -0.2) is 9.67 Å². The van der Waals surface area contributed by atoms with Crippen LogP contribution in [0.5, 0.6) is 0 Å². The van der Waals surface area contributed by atoms with Crippen LogP contribution in [0.3, 0.4) is 0 Å². The summed E-state index contributed by atoms with van der Waals surface area (Å²) < 4.78 is 1.85. The molecular weight excluding hydrogens is 272 g/mol. The maximum absolute atomic E-state index is 5.88. The van der Waals surface area contributed by atoms with Crippen LogP contribution in [-0.4, -0.2) is 14.8 Å². The fraction of sp³-hybridized carbons (Fsp3) is 0. The molecule has 0 unspecified atom stereocenters. The molecular formula is C18H14N4. The lowest BCUT2D eigenvalue weighted by Gasteiger charge is -2.06. The lowest BCUT2D eigenvalue weighted by molar-refractivity contribution is 0.875. The van der Waals surface area contributed by atoms with Crippen LogP contribution >= 0.6 is 0 Å². The van der Waals surface area contributed by atoms with E-state index in [0.717, 1.165) is 33.5 Å². The zero-order valence-corrected chi connectivity index (χ0v) is 11.8. The van der Waals surface area contributed by atoms with E-state index in [0.29, 0.717) is 0 Å². The van der Waals surface area contributed by atoms with Gasteiger partial charge in [0.15, 0.2) is 5.82 Å². The van der Waals surface area contributed by atoms with E-state index in [1.807, 2.05) is 47.3 Å². The summed E-state index contributed by atoms with van der Waals surface area (Å²) in [5.74, 6) is 0.808. The molecule has 0 aliphatic heterocycles. The fourth-order valence-corrected chi connectivity index (χ4v) is 2.58. The molecule has 106 valence electrons. The molecule has 4 heteroatoms. The van der Waals surface area contributed by atoms with Crippen LogP contribution < -0.4 is 5.73 Å². The molecule has 0 fully saturated rings. The van der Waals surface area contributed by atoms with E-state index in [9.17, 15) is 0 Å². The number of nitrogens with two attached hydrogens (primary N) is 1. The van der Waals surface area contributed by atoms with Crippen molar-refractivity contribution in [1.29, 1.82) is 0 Å². The number of hydrogen-bond donors (Lipinski definition) is 1. The maximum Gasteiger partial charge on any atom is 0.153 e. The molecule has 2 aromatic heterocycles. The molecule has 4 rings (SSSR count). The summed E-state index contributed by atoms with van der Waals surface area (Å²) in [6.07, 6.45) is 3.62. The number of fused-ring (bicyclic) bond motifs is 1. The summed E-state index contributed by atoms with van der Waals surface area (Å²) >= 11 is 0. The van der Waals surface area contributed by atoms with Gasteiger partial charge < -0.3 is 5.73 Å². The van der Waals surface area contributed by atoms with E-state index >= 15 is 0 Å². The molecule has 0 saturated carbocycles. The molecule has 2 aromatic carbocycles. The first-order chi connectivity index (χ1) is 10.8. The van der Waals surface area contributed by atoms with Gasteiger partial charge >= 0.3 is 0 Å². The minimum absolute atomic E-state index is 0.760. The molecule has 0 spiro atoms. The number of nitrogens with zero attached hydrogens (tertiary/aromatic N) is 3. The number of hydrogen-bond acceptors (Lipinski definition) is 3. The summed E-state index contributed by atoms with van der Waals surface area (Å²) in [5.41, 5.74) is 9.87. The molecule has 2 N–H and O–H groups in total. The zero-order valence-electron chi connectivity index (χ0n) is 11.8. The van der Waals surface area contributed by atoms with Gasteiger partial charge in [-0.1, -0.05) is 30.3 Å². The van der Waals surface area contributed by atoms with Gasteiger partial charge in [-0.3, -0.25) is 0 Å². The highest BCUT2D eigenvalue weighted by Crippen LogP contribution is 2.26. The first-order valence-corrected chi connectivity index (χ1v) is 7.06. The molecule has 0 saturated heterocycles. The van der Waals surface area contributed by atoms with Gasteiger partial charge in [0.1, 0.15) is 0 Å². The standard InChI is InChI=1S/C18H14N4/c19-16-5-3-4-13(10-16)14-7-8-15-12-21-22(17(15)11-14)18-6-1-2-9-20-18/h1-12H,19H2. The summed E-state index contributed by atoms with van der Waals surface area (Å²) in [5, 5.41) is 5.53. The number of rotatable bonds is 2. The molecule has 0 radical (unpaired) electrons. The third kappa shape index (κ3) is 2.11. The van der Waals surface area contributed by atoms with Crippen LogP contribution in [0.25, 0.3) is 27.8 Å². The number of anilines is 1. The molecule has 0 amide bonds. The monoisotopic (exact) mass is 286 g/mol. The van der Waals surface area contributed by atoms with Crippen molar-refractivity contribution in [3.05, 3.63) is 73.1 Å². The van der Waals surface area contributed by atoms with Crippen LogP contribution in [-0.2, 0) is 0 Å². The smallest absolute Gasteiger partial charge is 0.153 e. The van der Waals surface area contributed by atoms with Gasteiger partial charge in [0, 0.05) is 17.3 Å². The highest BCUT2D eigenvalue weighted by Gasteiger charge is 2.07. The van der Waals surface area contributed by atoms with Crippen molar-refractivity contribution in [2.75, 3.05) is 5.73 Å². The van der Waals surface area contributed by atoms with E-state index in [4.69, 9.17) is 5.73 Å². The summed E-state index contributed by atoms with van der Waals surface area (Å²) in [6.45, 7) is 0. The highest BCUT2D eigenvalue weighted by atomic mass is 15.3. The largest absolute Gasteiger partial charge is 0.399 e. The summed E-state index contributed by atoms with van der Waals surface area (Å²) in [7, 11) is 0. The third-order valence-electron chi connectivity index (χ3n) is 3.66. The molecule has 4 nitrogen and oxygen atoms in total. The Morgan fingerprint density at radius 2 is 1.77 bits per heavy atom. The quantitative estimate of drug-likeness (QED) is 0.572. The van der Waals surface area contributed by atoms with Crippen LogP contribution in [0.2, 0.25) is 0 Å². The fourth-order valence-electron chi connectivity index (χ4n) is 2.58. The van der Waals surface area contributed by atoms with Crippen molar-refractivity contribution in [1.82, 2.24) is 14.8 Å². The predicted octanol–water partition coefficient (Wildman–Crippen LogP) is 3.67. The first kappa shape index (κ1) is 12.6. The molecule has 0 aliphatic rings. The Hall–Kier alpha value is -3.14. The van der Waals surface area contributed by atoms with Crippen molar-refractivity contribution < 1.29 is 0 Å². The van der Waals surface area contributed by atoms with E-state index in [1.54, 1.807) is 6.20 Å². The van der Waals surface area contributed by atoms with Crippen LogP contribution in [0.4, 0.5) is 5.69 Å². The van der Waals surface area contributed by atoms with E-state index in [2.05, 4.69) is 34.3 Å². The second-order valence-electron chi connectivity index (χ2n) is 5.14. The number of nitrogen functional groups attached to an aromatic ring is 1. The number of pyridine rings is 1. The van der Waals surface area contributed by atoms with E-state index < -0.39 is 0 Å². The number of benzene rings is 2. The van der Waals surface area contributed by atoms with Gasteiger partial charge in [0.2, 0.25) is 0 Å². The Morgan fingerprint density at radius 3 is 2.59 bits per heavy atom. The SMILES string of the molecule is Nc1cccc(-c2ccc3cnn(-c4ccccn4)c3c2)c1. The van der Waals surface area contributed by atoms with Crippen LogP contribution in [0, 0.1) is 0 Å². The van der Waals surface area contributed by atoms with Crippen molar-refractivity contribution in [3.8, 4) is 16.9 Å². The third-order valence-corrected chi connectivity index (χ3v) is 3.66. The second-order valence-corrected chi connectivity index (χ2v) is 5.14. The lowest BCUT2D eigenvalue weighted by Crippen LogP contribution is -1.98. The van der Waals surface area contributed by atoms with Gasteiger partial charge in [0.25, 0.3) is 0 Å². The Kier molecular flexibility index (Phi) is 2.86. The minimum atomic E-state index is 0.760. The Balaban J connectivity index is 1.90. The molecule has 2 heterocycles. The van der Waals surface area contributed by atoms with E-state index in [-0.39, 0.29) is 0 Å². The highest BCUT2D eigenvalue weighted by molar-refractivity contribution is 5.85. The molecule has 22 heavy (non-hydrogen) atoms. The molecule has 0 bridgehead atoms. The summed E-state index contributed by atoms with van der Waals surface area (Å²) in [4.78, 5) is 4.37. The zero-order chi connectivity index (χ0) is 14.9. The first-order valence-electron chi connectivity index (χ1n) is 7.06. The van der Waals surface area contributed by atoms with Gasteiger partial charge in [-0.15, -0.1) is 0 Å². The van der Waals surface area contributed by atoms with Crippen molar-refractivity contribution >= 4 is 16.6 Å². The minimum Gasteiger partial charge on any atom is -0.399 e. The normalized spacial score (nSPS) is 10.9. The van der Waals surface area contributed by atoms with Gasteiger partial charge in [0.05, 0.1) is 11.7 Å². The van der Waals surface area contributed by atoms with E-state index in [1.165, 1.54) is 0 Å². The van der Waals surface area contributed by atoms with Gasteiger partial charge in [-0.2, -0.15) is 5.10 Å². The average molecular weight is 286 g/mol. The Bertz CT molecular complexity index is 942. The second kappa shape index (κ2) is 5.00. The van der Waals surface area contributed by atoms with Crippen molar-refractivity contribution in [2.24, 2.45) is 0 Å². The van der Waals surface area contributed by atoms with Crippen LogP contribution in [0.15, 0.2) is 73.1 Å². The summed E-state index contributed by atoms with van der Waals surface area (Å²) in [6, 6.07) is 19.9. The Morgan fingerprint density at radius 1 is 0.864 bits per heavy atom. The molecule has 0 aliphatic carbocycles. The predicted molar refractivity (Wildman–Crippen MR) is 88.7 cm³/mol. The van der Waals surface area contributed by atoms with Crippen LogP contribution in [0.1, 0.15) is 0 Å². The average Bonchev–Trinajstić information content (AvgIpc) is 2.99. The maximum atomic E-state index is 5.88. The van der Waals surface area contributed by atoms with Gasteiger partial charge in [-0.05, 0) is 41.5 Å². The van der Waals surface area contributed by atoms with Crippen molar-refractivity contribution in [3.63, 3.8) is 0 Å². The molecule has 4 aromatic rings. The molecule has 0 atom stereocenters. The topological polar surface area (TPSA) is 56.7 Å². The Labute approximate surface area is 127 Å². The number of aromatic nitrogens is 3. The van der Waals surface area contributed by atoms with Crippen molar-refractivity contribution in [2.45, 2.75) is 0 Å².